The molecule has 0 atom stereocenters. The lowest BCUT2D eigenvalue weighted by atomic mass is 10.2. The molecular formula is C13H15NO6. The molecule has 1 rings (SSSR count). The van der Waals surface area contributed by atoms with Gasteiger partial charge in [-0.15, -0.1) is 0 Å². The summed E-state index contributed by atoms with van der Waals surface area (Å²) in [5.41, 5.74) is 6.12. The summed E-state index contributed by atoms with van der Waals surface area (Å²) in [6.07, 6.45) is -0.640. The van der Waals surface area contributed by atoms with Crippen LogP contribution in [0.3, 0.4) is 0 Å². The molecular weight excluding hydrogens is 266 g/mol. The number of Topliss-reactive ketones (excluding diaryl/α,β-unsaturated/α-hetero) is 1. The highest BCUT2D eigenvalue weighted by atomic mass is 16.6. The van der Waals surface area contributed by atoms with Gasteiger partial charge in [0, 0.05) is 6.42 Å². The number of hydrogen-bond donors (Lipinski definition) is 2. The predicted octanol–water partition coefficient (Wildman–Crippen LogP) is 0.625. The van der Waals surface area contributed by atoms with E-state index >= 15 is 0 Å². The summed E-state index contributed by atoms with van der Waals surface area (Å²) in [5, 5.41) is 8.33. The molecule has 108 valence electrons. The number of ketones is 1. The van der Waals surface area contributed by atoms with Crippen LogP contribution in [0.2, 0.25) is 0 Å². The minimum atomic E-state index is -1.55. The van der Waals surface area contributed by atoms with E-state index in [4.69, 9.17) is 20.3 Å². The van der Waals surface area contributed by atoms with Gasteiger partial charge in [0.25, 0.3) is 0 Å². The Morgan fingerprint density at radius 3 is 2.45 bits per heavy atom. The predicted molar refractivity (Wildman–Crippen MR) is 69.2 cm³/mol. The quantitative estimate of drug-likeness (QED) is 0.310. The second-order valence-electron chi connectivity index (χ2n) is 3.84. The van der Waals surface area contributed by atoms with Gasteiger partial charge in [0.1, 0.15) is 19.0 Å². The molecule has 0 bridgehead atoms. The summed E-state index contributed by atoms with van der Waals surface area (Å²) in [4.78, 5) is 32.2. The SMILES string of the molecule is Nc1ccccc1OCCOC(=O)CCC(=O)C(=O)O. The Morgan fingerprint density at radius 2 is 1.80 bits per heavy atom. The number of ether oxygens (including phenoxy) is 2. The van der Waals surface area contributed by atoms with Crippen molar-refractivity contribution in [1.82, 2.24) is 0 Å². The van der Waals surface area contributed by atoms with Crippen molar-refractivity contribution in [1.29, 1.82) is 0 Å². The summed E-state index contributed by atoms with van der Waals surface area (Å²) in [6, 6.07) is 6.89. The van der Waals surface area contributed by atoms with Gasteiger partial charge in [-0.3, -0.25) is 9.59 Å². The van der Waals surface area contributed by atoms with Crippen molar-refractivity contribution < 1.29 is 29.0 Å². The zero-order chi connectivity index (χ0) is 15.0. The number of carbonyl (C=O) groups is 3. The smallest absolute Gasteiger partial charge is 0.372 e. The molecule has 1 aromatic carbocycles. The molecule has 0 spiro atoms. The number of nitrogen functional groups attached to an aromatic ring is 1. The van der Waals surface area contributed by atoms with E-state index in [0.29, 0.717) is 11.4 Å². The lowest BCUT2D eigenvalue weighted by Gasteiger charge is -2.08. The molecule has 0 heterocycles. The fourth-order valence-electron chi connectivity index (χ4n) is 1.31. The highest BCUT2D eigenvalue weighted by Gasteiger charge is 2.14. The van der Waals surface area contributed by atoms with Crippen LogP contribution in [0, 0.1) is 0 Å². The molecule has 0 radical (unpaired) electrons. The number of esters is 1. The Bertz CT molecular complexity index is 499. The summed E-state index contributed by atoms with van der Waals surface area (Å²) in [5.74, 6) is -2.73. The molecule has 0 fully saturated rings. The van der Waals surface area contributed by atoms with Gasteiger partial charge in [0.2, 0.25) is 5.78 Å². The molecule has 20 heavy (non-hydrogen) atoms. The van der Waals surface area contributed by atoms with Crippen molar-refractivity contribution in [2.45, 2.75) is 12.8 Å². The average molecular weight is 281 g/mol. The largest absolute Gasteiger partial charge is 0.488 e. The average Bonchev–Trinajstić information content (AvgIpc) is 2.42. The van der Waals surface area contributed by atoms with Crippen LogP contribution in [0.25, 0.3) is 0 Å². The van der Waals surface area contributed by atoms with Crippen molar-refractivity contribution in [3.63, 3.8) is 0 Å². The zero-order valence-electron chi connectivity index (χ0n) is 10.7. The number of benzene rings is 1. The van der Waals surface area contributed by atoms with Crippen LogP contribution in [0.1, 0.15) is 12.8 Å². The van der Waals surface area contributed by atoms with E-state index in [2.05, 4.69) is 0 Å². The van der Waals surface area contributed by atoms with Crippen molar-refractivity contribution in [3.8, 4) is 5.75 Å². The monoisotopic (exact) mass is 281 g/mol. The van der Waals surface area contributed by atoms with Crippen LogP contribution in [-0.2, 0) is 19.1 Å². The number of para-hydroxylation sites is 2. The van der Waals surface area contributed by atoms with Gasteiger partial charge in [-0.1, -0.05) is 12.1 Å². The first-order valence-corrected chi connectivity index (χ1v) is 5.89. The molecule has 0 saturated carbocycles. The Kier molecular flexibility index (Phi) is 6.02. The van der Waals surface area contributed by atoms with E-state index in [1.165, 1.54) is 0 Å². The summed E-state index contributed by atoms with van der Waals surface area (Å²) < 4.78 is 10.1. The maximum Gasteiger partial charge on any atom is 0.372 e. The highest BCUT2D eigenvalue weighted by molar-refractivity contribution is 6.32. The third kappa shape index (κ3) is 5.38. The minimum absolute atomic E-state index is 0.00553. The molecule has 3 N–H and O–H groups in total. The molecule has 0 amide bonds. The molecule has 0 aliphatic rings. The first kappa shape index (κ1) is 15.5. The first-order valence-electron chi connectivity index (χ1n) is 5.89. The number of anilines is 1. The lowest BCUT2D eigenvalue weighted by molar-refractivity contribution is -0.150. The normalized spacial score (nSPS) is 9.80. The number of nitrogens with two attached hydrogens (primary N) is 1. The van der Waals surface area contributed by atoms with E-state index in [0.717, 1.165) is 0 Å². The van der Waals surface area contributed by atoms with Gasteiger partial charge in [-0.25, -0.2) is 4.79 Å². The van der Waals surface area contributed by atoms with Gasteiger partial charge >= 0.3 is 11.9 Å². The Hall–Kier alpha value is -2.57. The standard InChI is InChI=1S/C13H15NO6/c14-9-3-1-2-4-11(9)19-7-8-20-12(16)6-5-10(15)13(17)18/h1-4H,5-8,14H2,(H,17,18). The highest BCUT2D eigenvalue weighted by Crippen LogP contribution is 2.19. The number of hydrogen-bond acceptors (Lipinski definition) is 6. The maximum atomic E-state index is 11.2. The van der Waals surface area contributed by atoms with Gasteiger partial charge < -0.3 is 20.3 Å². The van der Waals surface area contributed by atoms with Crippen LogP contribution in [0.5, 0.6) is 5.75 Å². The van der Waals surface area contributed by atoms with E-state index in [1.54, 1.807) is 24.3 Å². The topological polar surface area (TPSA) is 116 Å². The molecule has 1 aromatic rings. The van der Waals surface area contributed by atoms with E-state index in [9.17, 15) is 14.4 Å². The third-order valence-corrected chi connectivity index (χ3v) is 2.32. The van der Waals surface area contributed by atoms with E-state index < -0.39 is 17.7 Å². The van der Waals surface area contributed by atoms with Crippen LogP contribution in [0.4, 0.5) is 5.69 Å². The second-order valence-corrected chi connectivity index (χ2v) is 3.84. The number of aliphatic carboxylic acids is 1. The van der Waals surface area contributed by atoms with Gasteiger partial charge in [-0.05, 0) is 12.1 Å². The van der Waals surface area contributed by atoms with Crippen LogP contribution >= 0.6 is 0 Å². The fourth-order valence-corrected chi connectivity index (χ4v) is 1.31. The maximum absolute atomic E-state index is 11.2. The summed E-state index contributed by atoms with van der Waals surface area (Å²) in [6.45, 7) is 0.112. The van der Waals surface area contributed by atoms with E-state index in [-0.39, 0.29) is 26.1 Å². The molecule has 0 aromatic heterocycles. The number of carbonyl (C=O) groups excluding carboxylic acids is 2. The summed E-state index contributed by atoms with van der Waals surface area (Å²) >= 11 is 0. The Balaban J connectivity index is 2.18. The minimum Gasteiger partial charge on any atom is -0.488 e. The zero-order valence-corrected chi connectivity index (χ0v) is 10.7. The molecule has 7 nitrogen and oxygen atoms in total. The Morgan fingerprint density at radius 1 is 1.10 bits per heavy atom. The third-order valence-electron chi connectivity index (χ3n) is 2.32. The van der Waals surface area contributed by atoms with Crippen molar-refractivity contribution in [2.75, 3.05) is 18.9 Å². The van der Waals surface area contributed by atoms with Crippen molar-refractivity contribution >= 4 is 23.4 Å². The van der Waals surface area contributed by atoms with Gasteiger partial charge in [-0.2, -0.15) is 0 Å². The van der Waals surface area contributed by atoms with Crippen molar-refractivity contribution in [3.05, 3.63) is 24.3 Å². The fraction of sp³-hybridized carbons (Fsp3) is 0.308. The number of carboxylic acid groups (broad SMARTS) is 1. The first-order chi connectivity index (χ1) is 9.50. The molecule has 0 aliphatic heterocycles. The van der Waals surface area contributed by atoms with Gasteiger partial charge in [0.05, 0.1) is 12.1 Å². The van der Waals surface area contributed by atoms with E-state index in [1.807, 2.05) is 0 Å². The lowest BCUT2D eigenvalue weighted by Crippen LogP contribution is -2.17. The number of carboxylic acids is 1. The number of rotatable bonds is 8. The van der Waals surface area contributed by atoms with Crippen molar-refractivity contribution in [2.24, 2.45) is 0 Å². The molecule has 0 unspecified atom stereocenters. The van der Waals surface area contributed by atoms with Crippen LogP contribution in [0.15, 0.2) is 24.3 Å². The Labute approximate surface area is 115 Å². The molecule has 0 aliphatic carbocycles. The summed E-state index contributed by atoms with van der Waals surface area (Å²) in [7, 11) is 0. The van der Waals surface area contributed by atoms with Crippen LogP contribution < -0.4 is 10.5 Å². The second kappa shape index (κ2) is 7.78. The molecule has 7 heteroatoms. The van der Waals surface area contributed by atoms with Gasteiger partial charge in [0.15, 0.2) is 0 Å². The van der Waals surface area contributed by atoms with Crippen LogP contribution in [-0.4, -0.2) is 36.0 Å². The molecule has 0 saturated heterocycles.